The van der Waals surface area contributed by atoms with Gasteiger partial charge in [0.25, 0.3) is 5.91 Å². The van der Waals surface area contributed by atoms with Gasteiger partial charge in [-0.3, -0.25) is 4.79 Å². The second kappa shape index (κ2) is 5.88. The third-order valence-electron chi connectivity index (χ3n) is 2.68. The van der Waals surface area contributed by atoms with Crippen LogP contribution >= 0.6 is 11.6 Å². The third kappa shape index (κ3) is 3.24. The number of nitrogens with one attached hydrogen (secondary N) is 1. The van der Waals surface area contributed by atoms with E-state index in [1.165, 1.54) is 12.1 Å². The van der Waals surface area contributed by atoms with Gasteiger partial charge in [0, 0.05) is 14.1 Å². The van der Waals surface area contributed by atoms with Gasteiger partial charge in [-0.05, 0) is 30.3 Å². The molecule has 1 heterocycles. The van der Waals surface area contributed by atoms with Gasteiger partial charge >= 0.3 is 0 Å². The van der Waals surface area contributed by atoms with Gasteiger partial charge in [-0.2, -0.15) is 0 Å². The SMILES string of the molecule is CN(C)c1ccc(NC(=O)c2ccc(F)cc2Cl)nc1. The number of amides is 1. The van der Waals surface area contributed by atoms with Crippen LogP contribution in [-0.4, -0.2) is 25.0 Å². The van der Waals surface area contributed by atoms with E-state index in [0.717, 1.165) is 11.8 Å². The second-order valence-electron chi connectivity index (χ2n) is 4.37. The molecule has 0 spiro atoms. The minimum atomic E-state index is -0.486. The molecule has 0 fully saturated rings. The van der Waals surface area contributed by atoms with E-state index in [2.05, 4.69) is 10.3 Å². The largest absolute Gasteiger partial charge is 0.376 e. The molecule has 0 bridgehead atoms. The minimum absolute atomic E-state index is 0.0624. The smallest absolute Gasteiger partial charge is 0.258 e. The number of anilines is 2. The maximum atomic E-state index is 12.9. The zero-order chi connectivity index (χ0) is 14.7. The van der Waals surface area contributed by atoms with Crippen LogP contribution in [0.25, 0.3) is 0 Å². The van der Waals surface area contributed by atoms with Gasteiger partial charge < -0.3 is 10.2 Å². The molecule has 4 nitrogen and oxygen atoms in total. The summed E-state index contributed by atoms with van der Waals surface area (Å²) < 4.78 is 12.9. The van der Waals surface area contributed by atoms with Crippen LogP contribution in [0.4, 0.5) is 15.9 Å². The Morgan fingerprint density at radius 1 is 1.30 bits per heavy atom. The van der Waals surface area contributed by atoms with E-state index in [-0.39, 0.29) is 10.6 Å². The van der Waals surface area contributed by atoms with Crippen molar-refractivity contribution < 1.29 is 9.18 Å². The molecule has 1 N–H and O–H groups in total. The quantitative estimate of drug-likeness (QED) is 0.945. The van der Waals surface area contributed by atoms with Gasteiger partial charge in [0.05, 0.1) is 22.5 Å². The first kappa shape index (κ1) is 14.3. The highest BCUT2D eigenvalue weighted by Crippen LogP contribution is 2.19. The number of hydrogen-bond donors (Lipinski definition) is 1. The van der Waals surface area contributed by atoms with Gasteiger partial charge in [-0.25, -0.2) is 9.37 Å². The summed E-state index contributed by atoms with van der Waals surface area (Å²) in [6.45, 7) is 0. The number of nitrogens with zero attached hydrogens (tertiary/aromatic N) is 2. The van der Waals surface area contributed by atoms with Crippen molar-refractivity contribution in [2.75, 3.05) is 24.3 Å². The van der Waals surface area contributed by atoms with Crippen LogP contribution < -0.4 is 10.2 Å². The first-order valence-corrected chi connectivity index (χ1v) is 6.25. The van der Waals surface area contributed by atoms with Crippen LogP contribution in [0, 0.1) is 5.82 Å². The Morgan fingerprint density at radius 3 is 2.60 bits per heavy atom. The molecule has 0 unspecified atom stereocenters. The van der Waals surface area contributed by atoms with E-state index in [1.54, 1.807) is 12.3 Å². The van der Waals surface area contributed by atoms with Crippen molar-refractivity contribution in [1.29, 1.82) is 0 Å². The predicted octanol–water partition coefficient (Wildman–Crippen LogP) is 3.19. The number of hydrogen-bond acceptors (Lipinski definition) is 3. The van der Waals surface area contributed by atoms with Crippen LogP contribution in [0.3, 0.4) is 0 Å². The highest BCUT2D eigenvalue weighted by molar-refractivity contribution is 6.34. The van der Waals surface area contributed by atoms with E-state index >= 15 is 0 Å². The Labute approximate surface area is 121 Å². The van der Waals surface area contributed by atoms with Gasteiger partial charge in [-0.1, -0.05) is 11.6 Å². The van der Waals surface area contributed by atoms with Gasteiger partial charge in [0.1, 0.15) is 11.6 Å². The number of benzene rings is 1. The van der Waals surface area contributed by atoms with E-state index in [4.69, 9.17) is 11.6 Å². The summed E-state index contributed by atoms with van der Waals surface area (Å²) in [5.74, 6) is -0.513. The predicted molar refractivity (Wildman–Crippen MR) is 77.9 cm³/mol. The first-order valence-electron chi connectivity index (χ1n) is 5.87. The molecular formula is C14H13ClFN3O. The molecule has 104 valence electrons. The lowest BCUT2D eigenvalue weighted by atomic mass is 10.2. The Balaban J connectivity index is 2.15. The maximum Gasteiger partial charge on any atom is 0.258 e. The molecule has 0 aliphatic heterocycles. The van der Waals surface area contributed by atoms with Crippen LogP contribution in [-0.2, 0) is 0 Å². The van der Waals surface area contributed by atoms with Crippen molar-refractivity contribution in [2.45, 2.75) is 0 Å². The van der Waals surface area contributed by atoms with Crippen LogP contribution in [0.5, 0.6) is 0 Å². The summed E-state index contributed by atoms with van der Waals surface area (Å²) >= 11 is 5.83. The van der Waals surface area contributed by atoms with E-state index in [1.807, 2.05) is 25.1 Å². The summed E-state index contributed by atoms with van der Waals surface area (Å²) in [6.07, 6.45) is 1.64. The molecule has 0 aliphatic carbocycles. The monoisotopic (exact) mass is 293 g/mol. The fourth-order valence-electron chi connectivity index (χ4n) is 1.58. The van der Waals surface area contributed by atoms with E-state index in [9.17, 15) is 9.18 Å². The van der Waals surface area contributed by atoms with E-state index in [0.29, 0.717) is 5.82 Å². The molecule has 20 heavy (non-hydrogen) atoms. The van der Waals surface area contributed by atoms with Gasteiger partial charge in [0.15, 0.2) is 0 Å². The van der Waals surface area contributed by atoms with Crippen molar-refractivity contribution in [3.63, 3.8) is 0 Å². The van der Waals surface area contributed by atoms with Crippen molar-refractivity contribution in [3.05, 3.63) is 52.9 Å². The second-order valence-corrected chi connectivity index (χ2v) is 4.78. The molecule has 0 saturated heterocycles. The van der Waals surface area contributed by atoms with Crippen molar-refractivity contribution in [3.8, 4) is 0 Å². The molecule has 0 radical (unpaired) electrons. The summed E-state index contributed by atoms with van der Waals surface area (Å²) in [5, 5.41) is 2.67. The fourth-order valence-corrected chi connectivity index (χ4v) is 1.83. The average molecular weight is 294 g/mol. The van der Waals surface area contributed by atoms with Gasteiger partial charge in [0.2, 0.25) is 0 Å². The zero-order valence-electron chi connectivity index (χ0n) is 11.0. The molecule has 0 saturated carbocycles. The summed E-state index contributed by atoms with van der Waals surface area (Å²) in [6, 6.07) is 7.13. The number of rotatable bonds is 3. The summed E-state index contributed by atoms with van der Waals surface area (Å²) in [7, 11) is 3.79. The van der Waals surface area contributed by atoms with Crippen LogP contribution in [0.1, 0.15) is 10.4 Å². The van der Waals surface area contributed by atoms with Crippen molar-refractivity contribution in [2.24, 2.45) is 0 Å². The lowest BCUT2D eigenvalue weighted by Gasteiger charge is -2.12. The zero-order valence-corrected chi connectivity index (χ0v) is 11.8. The molecule has 1 amide bonds. The number of aromatic nitrogens is 1. The van der Waals surface area contributed by atoms with Crippen molar-refractivity contribution in [1.82, 2.24) is 4.98 Å². The number of pyridine rings is 1. The molecule has 2 rings (SSSR count). The van der Waals surface area contributed by atoms with E-state index < -0.39 is 11.7 Å². The maximum absolute atomic E-state index is 12.9. The Bertz CT molecular complexity index is 629. The Kier molecular flexibility index (Phi) is 4.20. The Morgan fingerprint density at radius 2 is 2.05 bits per heavy atom. The average Bonchev–Trinajstić information content (AvgIpc) is 2.39. The number of carbonyl (C=O) groups excluding carboxylic acids is 1. The highest BCUT2D eigenvalue weighted by Gasteiger charge is 2.11. The third-order valence-corrected chi connectivity index (χ3v) is 2.99. The highest BCUT2D eigenvalue weighted by atomic mass is 35.5. The number of halogens is 2. The molecular weight excluding hydrogens is 281 g/mol. The molecule has 0 atom stereocenters. The lowest BCUT2D eigenvalue weighted by Crippen LogP contribution is -2.14. The van der Waals surface area contributed by atoms with Crippen LogP contribution in [0.2, 0.25) is 5.02 Å². The lowest BCUT2D eigenvalue weighted by molar-refractivity contribution is 0.102. The molecule has 2 aromatic rings. The number of carbonyl (C=O) groups is 1. The summed E-state index contributed by atoms with van der Waals surface area (Å²) in [5.41, 5.74) is 1.12. The molecule has 1 aromatic heterocycles. The standard InChI is InChI=1S/C14H13ClFN3O/c1-19(2)10-4-6-13(17-8-10)18-14(20)11-5-3-9(16)7-12(11)15/h3-8H,1-2H3,(H,17,18,20). The topological polar surface area (TPSA) is 45.2 Å². The van der Waals surface area contributed by atoms with Gasteiger partial charge in [-0.15, -0.1) is 0 Å². The minimum Gasteiger partial charge on any atom is -0.376 e. The summed E-state index contributed by atoms with van der Waals surface area (Å²) in [4.78, 5) is 18.0. The first-order chi connectivity index (χ1) is 9.47. The molecule has 1 aromatic carbocycles. The molecule has 6 heteroatoms. The van der Waals surface area contributed by atoms with Crippen molar-refractivity contribution >= 4 is 29.0 Å². The fraction of sp³-hybridized carbons (Fsp3) is 0.143. The van der Waals surface area contributed by atoms with Crippen LogP contribution in [0.15, 0.2) is 36.5 Å². The Hall–Kier alpha value is -2.14. The molecule has 0 aliphatic rings. The normalized spacial score (nSPS) is 10.2.